The average molecular weight is 357 g/mol. The van der Waals surface area contributed by atoms with Gasteiger partial charge < -0.3 is 14.4 Å². The Labute approximate surface area is 151 Å². The number of rotatable bonds is 5. The molecule has 0 fully saturated rings. The van der Waals surface area contributed by atoms with E-state index in [9.17, 15) is 14.0 Å². The van der Waals surface area contributed by atoms with Crippen LogP contribution in [-0.2, 0) is 27.2 Å². The first kappa shape index (κ1) is 17.9. The zero-order valence-corrected chi connectivity index (χ0v) is 14.5. The topological polar surface area (TPSA) is 55.8 Å². The summed E-state index contributed by atoms with van der Waals surface area (Å²) in [5, 5.41) is 0. The minimum atomic E-state index is -0.576. The molecule has 2 aromatic rings. The second-order valence-corrected chi connectivity index (χ2v) is 6.08. The third kappa shape index (κ3) is 4.02. The van der Waals surface area contributed by atoms with Crippen molar-refractivity contribution in [3.05, 3.63) is 59.4 Å². The molecule has 1 aliphatic rings. The third-order valence-corrected chi connectivity index (χ3v) is 4.33. The number of amides is 1. The number of halogens is 1. The third-order valence-electron chi connectivity index (χ3n) is 4.33. The van der Waals surface area contributed by atoms with Crippen molar-refractivity contribution in [3.63, 3.8) is 0 Å². The van der Waals surface area contributed by atoms with Gasteiger partial charge in [-0.15, -0.1) is 0 Å². The second-order valence-electron chi connectivity index (χ2n) is 6.08. The van der Waals surface area contributed by atoms with Crippen LogP contribution in [0.2, 0.25) is 0 Å². The minimum Gasteiger partial charge on any atom is -0.494 e. The molecule has 0 aliphatic carbocycles. The van der Waals surface area contributed by atoms with E-state index in [0.29, 0.717) is 12.1 Å². The maximum absolute atomic E-state index is 13.7. The van der Waals surface area contributed by atoms with Crippen molar-refractivity contribution < 1.29 is 23.5 Å². The summed E-state index contributed by atoms with van der Waals surface area (Å²) in [6, 6.07) is 12.0. The highest BCUT2D eigenvalue weighted by Gasteiger charge is 2.23. The Balaban J connectivity index is 1.56. The zero-order chi connectivity index (χ0) is 18.5. The van der Waals surface area contributed by atoms with Crippen LogP contribution in [0.5, 0.6) is 5.75 Å². The van der Waals surface area contributed by atoms with Gasteiger partial charge in [0.25, 0.3) is 5.91 Å². The summed E-state index contributed by atoms with van der Waals surface area (Å²) in [4.78, 5) is 26.0. The molecular weight excluding hydrogens is 337 g/mol. The molecule has 0 radical (unpaired) electrons. The van der Waals surface area contributed by atoms with Crippen LogP contribution in [0.3, 0.4) is 0 Å². The highest BCUT2D eigenvalue weighted by atomic mass is 19.1. The molecule has 1 amide bonds. The van der Waals surface area contributed by atoms with E-state index in [1.807, 2.05) is 24.3 Å². The highest BCUT2D eigenvalue weighted by molar-refractivity contribution is 5.96. The zero-order valence-electron chi connectivity index (χ0n) is 14.5. The molecule has 0 unspecified atom stereocenters. The monoisotopic (exact) mass is 357 g/mol. The molecule has 3 rings (SSSR count). The van der Waals surface area contributed by atoms with E-state index in [-0.39, 0.29) is 24.7 Å². The van der Waals surface area contributed by atoms with Crippen LogP contribution in [0.25, 0.3) is 0 Å². The molecule has 0 atom stereocenters. The van der Waals surface area contributed by atoms with Crippen LogP contribution in [-0.4, -0.2) is 32.1 Å². The molecule has 0 bridgehead atoms. The Bertz CT molecular complexity index is 821. The number of ether oxygens (including phenoxy) is 2. The number of hydrogen-bond donors (Lipinski definition) is 0. The molecule has 6 heteroatoms. The number of para-hydroxylation sites is 1. The molecule has 0 aromatic heterocycles. The smallest absolute Gasteiger partial charge is 0.310 e. The summed E-state index contributed by atoms with van der Waals surface area (Å²) in [6.07, 6.45) is 1.70. The number of esters is 1. The molecule has 2 aromatic carbocycles. The van der Waals surface area contributed by atoms with Gasteiger partial charge in [-0.05, 0) is 42.2 Å². The minimum absolute atomic E-state index is 0.106. The molecular formula is C20H20FNO4. The van der Waals surface area contributed by atoms with E-state index in [0.717, 1.165) is 24.1 Å². The van der Waals surface area contributed by atoms with E-state index in [1.165, 1.54) is 19.2 Å². The van der Waals surface area contributed by atoms with Crippen molar-refractivity contribution in [2.45, 2.75) is 19.3 Å². The molecule has 1 aliphatic heterocycles. The van der Waals surface area contributed by atoms with Gasteiger partial charge in [0.05, 0.1) is 13.5 Å². The molecule has 0 saturated carbocycles. The highest BCUT2D eigenvalue weighted by Crippen LogP contribution is 2.26. The molecule has 26 heavy (non-hydrogen) atoms. The van der Waals surface area contributed by atoms with Gasteiger partial charge in [-0.3, -0.25) is 9.59 Å². The predicted molar refractivity (Wildman–Crippen MR) is 94.7 cm³/mol. The maximum atomic E-state index is 13.7. The van der Waals surface area contributed by atoms with Gasteiger partial charge >= 0.3 is 5.97 Å². The van der Waals surface area contributed by atoms with Crippen molar-refractivity contribution in [1.29, 1.82) is 0 Å². The molecule has 0 N–H and O–H groups in total. The Kier molecular flexibility index (Phi) is 5.51. The van der Waals surface area contributed by atoms with Gasteiger partial charge in [-0.1, -0.05) is 24.3 Å². The standard InChI is InChI=1S/C20H20FNO4/c1-25-18-9-8-14(11-16(18)21)12-20(24)26-13-19(23)22-10-4-6-15-5-2-3-7-17(15)22/h2-3,5,7-9,11H,4,6,10,12-13H2,1H3. The van der Waals surface area contributed by atoms with E-state index in [2.05, 4.69) is 0 Å². The largest absolute Gasteiger partial charge is 0.494 e. The van der Waals surface area contributed by atoms with Crippen LogP contribution in [0, 0.1) is 5.82 Å². The molecule has 136 valence electrons. The van der Waals surface area contributed by atoms with Gasteiger partial charge in [-0.25, -0.2) is 4.39 Å². The Hall–Kier alpha value is -2.89. The molecule has 0 spiro atoms. The van der Waals surface area contributed by atoms with E-state index >= 15 is 0 Å². The van der Waals surface area contributed by atoms with Crippen molar-refractivity contribution in [3.8, 4) is 5.75 Å². The fraction of sp³-hybridized carbons (Fsp3) is 0.300. The van der Waals surface area contributed by atoms with Crippen molar-refractivity contribution in [2.75, 3.05) is 25.2 Å². The van der Waals surface area contributed by atoms with Gasteiger partial charge in [0.1, 0.15) is 0 Å². The van der Waals surface area contributed by atoms with Crippen LogP contribution in [0.1, 0.15) is 17.5 Å². The van der Waals surface area contributed by atoms with Crippen LogP contribution in [0.15, 0.2) is 42.5 Å². The number of fused-ring (bicyclic) bond motifs is 1. The van der Waals surface area contributed by atoms with Crippen molar-refractivity contribution in [1.82, 2.24) is 0 Å². The summed E-state index contributed by atoms with van der Waals surface area (Å²) in [6.45, 7) is 0.281. The first-order valence-electron chi connectivity index (χ1n) is 8.45. The first-order valence-corrected chi connectivity index (χ1v) is 8.45. The summed E-state index contributed by atoms with van der Waals surface area (Å²) >= 11 is 0. The van der Waals surface area contributed by atoms with E-state index < -0.39 is 11.8 Å². The summed E-state index contributed by atoms with van der Waals surface area (Å²) in [5.74, 6) is -1.26. The summed E-state index contributed by atoms with van der Waals surface area (Å²) in [7, 11) is 1.37. The lowest BCUT2D eigenvalue weighted by Gasteiger charge is -2.29. The number of methoxy groups -OCH3 is 1. The number of nitrogens with zero attached hydrogens (tertiary/aromatic N) is 1. The Morgan fingerprint density at radius 2 is 2.00 bits per heavy atom. The summed E-state index contributed by atoms with van der Waals surface area (Å²) < 4.78 is 23.6. The molecule has 1 heterocycles. The van der Waals surface area contributed by atoms with Gasteiger partial charge in [-0.2, -0.15) is 0 Å². The predicted octanol–water partition coefficient (Wildman–Crippen LogP) is 2.90. The van der Waals surface area contributed by atoms with Gasteiger partial charge in [0.15, 0.2) is 18.2 Å². The van der Waals surface area contributed by atoms with Crippen LogP contribution >= 0.6 is 0 Å². The average Bonchev–Trinajstić information content (AvgIpc) is 2.66. The van der Waals surface area contributed by atoms with Gasteiger partial charge in [0, 0.05) is 12.2 Å². The van der Waals surface area contributed by atoms with Crippen molar-refractivity contribution in [2.24, 2.45) is 0 Å². The number of carbonyl (C=O) groups excluding carboxylic acids is 2. The number of hydrogen-bond acceptors (Lipinski definition) is 4. The van der Waals surface area contributed by atoms with Crippen LogP contribution < -0.4 is 9.64 Å². The maximum Gasteiger partial charge on any atom is 0.310 e. The van der Waals surface area contributed by atoms with Gasteiger partial charge in [0.2, 0.25) is 0 Å². The number of anilines is 1. The lowest BCUT2D eigenvalue weighted by molar-refractivity contribution is -0.147. The number of aryl methyl sites for hydroxylation is 1. The Morgan fingerprint density at radius 3 is 2.77 bits per heavy atom. The fourth-order valence-electron chi connectivity index (χ4n) is 3.05. The van der Waals surface area contributed by atoms with Crippen molar-refractivity contribution >= 4 is 17.6 Å². The lowest BCUT2D eigenvalue weighted by Crippen LogP contribution is -2.38. The molecule has 5 nitrogen and oxygen atoms in total. The SMILES string of the molecule is COc1ccc(CC(=O)OCC(=O)N2CCCc3ccccc32)cc1F. The second kappa shape index (κ2) is 7.99. The Morgan fingerprint density at radius 1 is 1.19 bits per heavy atom. The lowest BCUT2D eigenvalue weighted by atomic mass is 10.0. The fourth-order valence-corrected chi connectivity index (χ4v) is 3.05. The number of carbonyl (C=O) groups is 2. The van der Waals surface area contributed by atoms with E-state index in [1.54, 1.807) is 11.0 Å². The number of benzene rings is 2. The quantitative estimate of drug-likeness (QED) is 0.772. The normalized spacial score (nSPS) is 13.1. The summed E-state index contributed by atoms with van der Waals surface area (Å²) in [5.41, 5.74) is 2.45. The molecule has 0 saturated heterocycles. The van der Waals surface area contributed by atoms with E-state index in [4.69, 9.17) is 9.47 Å². The van der Waals surface area contributed by atoms with Crippen LogP contribution in [0.4, 0.5) is 10.1 Å². The first-order chi connectivity index (χ1) is 12.6.